The Morgan fingerprint density at radius 1 is 1.58 bits per heavy atom. The summed E-state index contributed by atoms with van der Waals surface area (Å²) < 4.78 is 28.3. The molecule has 19 heavy (non-hydrogen) atoms. The predicted octanol–water partition coefficient (Wildman–Crippen LogP) is 1.53. The number of amides is 1. The number of anilines is 1. The number of ether oxygens (including phenoxy) is 1. The normalized spacial score (nSPS) is 19.8. The second-order valence-electron chi connectivity index (χ2n) is 3.99. The lowest BCUT2D eigenvalue weighted by Crippen LogP contribution is -2.27. The molecule has 1 aliphatic rings. The summed E-state index contributed by atoms with van der Waals surface area (Å²) in [6.07, 6.45) is 1.39. The van der Waals surface area contributed by atoms with Gasteiger partial charge in [-0.25, -0.2) is 13.4 Å². The van der Waals surface area contributed by atoms with Gasteiger partial charge in [-0.2, -0.15) is 0 Å². The minimum Gasteiger partial charge on any atom is -0.480 e. The van der Waals surface area contributed by atoms with Crippen molar-refractivity contribution in [1.29, 1.82) is 0 Å². The molecule has 0 aliphatic carbocycles. The number of aromatic nitrogens is 1. The largest absolute Gasteiger partial charge is 0.480 e. The van der Waals surface area contributed by atoms with Crippen LogP contribution in [0, 0.1) is 0 Å². The van der Waals surface area contributed by atoms with E-state index in [0.29, 0.717) is 10.2 Å². The van der Waals surface area contributed by atoms with E-state index in [-0.39, 0.29) is 24.8 Å². The topological polar surface area (TPSA) is 76.6 Å². The van der Waals surface area contributed by atoms with Crippen molar-refractivity contribution in [3.63, 3.8) is 0 Å². The maximum absolute atomic E-state index is 11.9. The van der Waals surface area contributed by atoms with Crippen molar-refractivity contribution in [2.45, 2.75) is 11.7 Å². The fraction of sp³-hybridized carbons (Fsp3) is 0.400. The monoisotopic (exact) mass is 368 g/mol. The van der Waals surface area contributed by atoms with E-state index >= 15 is 0 Å². The van der Waals surface area contributed by atoms with E-state index in [0.717, 1.165) is 0 Å². The molecule has 9 heteroatoms. The standard InChI is InChI=1S/C10H10BrClN2O4S/c1-18-10-8(2-6(11)4-13-10)14-5-7(3-9(14)15)19(12,16)17/h2,4,7H,3,5H2,1H3. The van der Waals surface area contributed by atoms with E-state index in [1.807, 2.05) is 0 Å². The van der Waals surface area contributed by atoms with Gasteiger partial charge in [-0.05, 0) is 22.0 Å². The molecule has 6 nitrogen and oxygen atoms in total. The molecule has 0 N–H and O–H groups in total. The lowest BCUT2D eigenvalue weighted by Gasteiger charge is -2.18. The van der Waals surface area contributed by atoms with Gasteiger partial charge >= 0.3 is 0 Å². The number of hydrogen-bond acceptors (Lipinski definition) is 5. The summed E-state index contributed by atoms with van der Waals surface area (Å²) in [4.78, 5) is 17.3. The van der Waals surface area contributed by atoms with E-state index in [2.05, 4.69) is 20.9 Å². The highest BCUT2D eigenvalue weighted by molar-refractivity contribution is 9.10. The van der Waals surface area contributed by atoms with Gasteiger partial charge in [-0.3, -0.25) is 4.79 Å². The highest BCUT2D eigenvalue weighted by Crippen LogP contribution is 2.33. The molecule has 1 aliphatic heterocycles. The zero-order chi connectivity index (χ0) is 14.2. The Kier molecular flexibility index (Phi) is 4.03. The molecule has 1 atom stereocenters. The van der Waals surface area contributed by atoms with Gasteiger partial charge in [-0.15, -0.1) is 0 Å². The third-order valence-electron chi connectivity index (χ3n) is 2.77. The zero-order valence-corrected chi connectivity index (χ0v) is 13.0. The molecule has 2 rings (SSSR count). The van der Waals surface area contributed by atoms with E-state index < -0.39 is 14.3 Å². The molecule has 0 bridgehead atoms. The SMILES string of the molecule is COc1ncc(Br)cc1N1CC(S(=O)(=O)Cl)CC1=O. The fourth-order valence-corrected chi connectivity index (χ4v) is 3.21. The van der Waals surface area contributed by atoms with Crippen molar-refractivity contribution >= 4 is 47.3 Å². The van der Waals surface area contributed by atoms with E-state index in [1.165, 1.54) is 18.2 Å². The Bertz CT molecular complexity index is 622. The summed E-state index contributed by atoms with van der Waals surface area (Å²) in [6, 6.07) is 1.65. The van der Waals surface area contributed by atoms with E-state index in [1.54, 1.807) is 6.07 Å². The van der Waals surface area contributed by atoms with Crippen LogP contribution in [0.15, 0.2) is 16.7 Å². The van der Waals surface area contributed by atoms with Gasteiger partial charge in [0, 0.05) is 34.3 Å². The summed E-state index contributed by atoms with van der Waals surface area (Å²) in [5.74, 6) is -0.0726. The summed E-state index contributed by atoms with van der Waals surface area (Å²) in [7, 11) is 2.96. The fourth-order valence-electron chi connectivity index (χ4n) is 1.86. The number of pyridine rings is 1. The molecule has 1 amide bonds. The van der Waals surface area contributed by atoms with Crippen molar-refractivity contribution in [2.75, 3.05) is 18.6 Å². The van der Waals surface area contributed by atoms with Crippen molar-refractivity contribution < 1.29 is 17.9 Å². The maximum Gasteiger partial charge on any atom is 0.237 e. The van der Waals surface area contributed by atoms with Crippen molar-refractivity contribution in [1.82, 2.24) is 4.98 Å². The molecule has 1 fully saturated rings. The number of rotatable bonds is 3. The molecule has 0 aromatic carbocycles. The number of nitrogens with zero attached hydrogens (tertiary/aromatic N) is 2. The van der Waals surface area contributed by atoms with Crippen LogP contribution in [0.2, 0.25) is 0 Å². The average Bonchev–Trinajstić information content (AvgIpc) is 2.71. The van der Waals surface area contributed by atoms with Crippen LogP contribution in [0.25, 0.3) is 0 Å². The first-order valence-corrected chi connectivity index (χ1v) is 8.43. The van der Waals surface area contributed by atoms with Crippen LogP contribution in [0.1, 0.15) is 6.42 Å². The Hall–Kier alpha value is -0.860. The second-order valence-corrected chi connectivity index (χ2v) is 7.81. The highest BCUT2D eigenvalue weighted by atomic mass is 79.9. The smallest absolute Gasteiger partial charge is 0.237 e. The van der Waals surface area contributed by atoms with Crippen LogP contribution in [0.4, 0.5) is 5.69 Å². The lowest BCUT2D eigenvalue weighted by molar-refractivity contribution is -0.117. The number of carbonyl (C=O) groups excluding carboxylic acids is 1. The summed E-state index contributed by atoms with van der Waals surface area (Å²) in [5.41, 5.74) is 0.421. The van der Waals surface area contributed by atoms with E-state index in [4.69, 9.17) is 15.4 Å². The van der Waals surface area contributed by atoms with Gasteiger partial charge in [0.1, 0.15) is 10.9 Å². The van der Waals surface area contributed by atoms with Gasteiger partial charge in [-0.1, -0.05) is 0 Å². The van der Waals surface area contributed by atoms with Crippen LogP contribution in [0.5, 0.6) is 5.88 Å². The molecule has 0 radical (unpaired) electrons. The van der Waals surface area contributed by atoms with Gasteiger partial charge < -0.3 is 9.64 Å². The molecular weight excluding hydrogens is 360 g/mol. The number of methoxy groups -OCH3 is 1. The van der Waals surface area contributed by atoms with Gasteiger partial charge in [0.25, 0.3) is 0 Å². The minimum atomic E-state index is -3.77. The average molecular weight is 370 g/mol. The molecule has 1 aromatic rings. The summed E-state index contributed by atoms with van der Waals surface area (Å²) >= 11 is 3.25. The molecule has 0 saturated carbocycles. The molecular formula is C10H10BrClN2O4S. The van der Waals surface area contributed by atoms with Crippen LogP contribution in [-0.4, -0.2) is 38.2 Å². The molecule has 1 aromatic heterocycles. The molecule has 1 saturated heterocycles. The first-order chi connectivity index (χ1) is 8.82. The summed E-state index contributed by atoms with van der Waals surface area (Å²) in [6.45, 7) is -0.000833. The quantitative estimate of drug-likeness (QED) is 0.755. The molecule has 2 heterocycles. The number of halogens is 2. The third kappa shape index (κ3) is 3.01. The predicted molar refractivity (Wildman–Crippen MR) is 74.0 cm³/mol. The van der Waals surface area contributed by atoms with Crippen LogP contribution >= 0.6 is 26.6 Å². The van der Waals surface area contributed by atoms with Crippen LogP contribution < -0.4 is 9.64 Å². The third-order valence-corrected chi connectivity index (χ3v) is 5.07. The molecule has 104 valence electrons. The Balaban J connectivity index is 2.38. The van der Waals surface area contributed by atoms with Crippen molar-refractivity contribution in [3.8, 4) is 5.88 Å². The number of hydrogen-bond donors (Lipinski definition) is 0. The van der Waals surface area contributed by atoms with Gasteiger partial charge in [0.2, 0.25) is 20.8 Å². The zero-order valence-electron chi connectivity index (χ0n) is 9.84. The van der Waals surface area contributed by atoms with Crippen LogP contribution in [-0.2, 0) is 13.8 Å². The Labute approximate surface area is 123 Å². The Morgan fingerprint density at radius 2 is 2.26 bits per heavy atom. The second kappa shape index (κ2) is 5.26. The van der Waals surface area contributed by atoms with Gasteiger partial charge in [0.15, 0.2) is 0 Å². The lowest BCUT2D eigenvalue weighted by atomic mass is 10.3. The highest BCUT2D eigenvalue weighted by Gasteiger charge is 2.39. The minimum absolute atomic E-state index is 0.000833. The Morgan fingerprint density at radius 3 is 2.79 bits per heavy atom. The van der Waals surface area contributed by atoms with Crippen LogP contribution in [0.3, 0.4) is 0 Å². The first kappa shape index (κ1) is 14.5. The number of carbonyl (C=O) groups is 1. The van der Waals surface area contributed by atoms with Crippen molar-refractivity contribution in [2.24, 2.45) is 0 Å². The molecule has 0 spiro atoms. The summed E-state index contributed by atoms with van der Waals surface area (Å²) in [5, 5.41) is -0.912. The maximum atomic E-state index is 11.9. The van der Waals surface area contributed by atoms with E-state index in [9.17, 15) is 13.2 Å². The van der Waals surface area contributed by atoms with Crippen molar-refractivity contribution in [3.05, 3.63) is 16.7 Å². The van der Waals surface area contributed by atoms with Gasteiger partial charge in [0.05, 0.1) is 7.11 Å². The molecule has 1 unspecified atom stereocenters. The first-order valence-electron chi connectivity index (χ1n) is 5.26.